The summed E-state index contributed by atoms with van der Waals surface area (Å²) in [5, 5.41) is 0.532. The average molecular weight is 403 g/mol. The number of benzene rings is 1. The average Bonchev–Trinajstić information content (AvgIpc) is 2.71. The van der Waals surface area contributed by atoms with Gasteiger partial charge in [0.15, 0.2) is 11.6 Å². The fourth-order valence-corrected chi connectivity index (χ4v) is 3.55. The van der Waals surface area contributed by atoms with E-state index in [1.807, 2.05) is 0 Å². The third kappa shape index (κ3) is 7.68. The highest BCUT2D eigenvalue weighted by Crippen LogP contribution is 2.25. The van der Waals surface area contributed by atoms with Crippen LogP contribution in [0.3, 0.4) is 0 Å². The van der Waals surface area contributed by atoms with Crippen LogP contribution in [0.15, 0.2) is 40.1 Å². The highest BCUT2D eigenvalue weighted by atomic mass is 19.1. The van der Waals surface area contributed by atoms with Crippen molar-refractivity contribution in [3.8, 4) is 5.75 Å². The first-order valence-corrected chi connectivity index (χ1v) is 11.2. The lowest BCUT2D eigenvalue weighted by Gasteiger charge is -2.08. The van der Waals surface area contributed by atoms with Gasteiger partial charge in [-0.3, -0.25) is 0 Å². The Hall–Kier alpha value is -2.10. The van der Waals surface area contributed by atoms with Crippen molar-refractivity contribution in [3.63, 3.8) is 0 Å². The van der Waals surface area contributed by atoms with Gasteiger partial charge in [0.2, 0.25) is 0 Å². The van der Waals surface area contributed by atoms with Gasteiger partial charge >= 0.3 is 5.63 Å². The quantitative estimate of drug-likeness (QED) is 0.231. The maximum atomic E-state index is 14.6. The summed E-state index contributed by atoms with van der Waals surface area (Å²) in [5.74, 6) is 0.0571. The Balaban J connectivity index is 1.81. The lowest BCUT2D eigenvalue weighted by atomic mass is 10.0. The number of rotatable bonds is 15. The van der Waals surface area contributed by atoms with E-state index in [0.29, 0.717) is 30.6 Å². The van der Waals surface area contributed by atoms with Crippen LogP contribution in [0, 0.1) is 5.82 Å². The van der Waals surface area contributed by atoms with E-state index in [0.717, 1.165) is 12.8 Å². The molecule has 0 spiro atoms. The molecule has 1 aromatic carbocycles. The Kier molecular flexibility index (Phi) is 10.5. The van der Waals surface area contributed by atoms with E-state index in [-0.39, 0.29) is 11.1 Å². The van der Waals surface area contributed by atoms with Gasteiger partial charge in [-0.25, -0.2) is 9.18 Å². The van der Waals surface area contributed by atoms with Crippen molar-refractivity contribution in [3.05, 3.63) is 52.9 Å². The number of hydrogen-bond donors (Lipinski definition) is 0. The van der Waals surface area contributed by atoms with Crippen molar-refractivity contribution < 1.29 is 13.5 Å². The van der Waals surface area contributed by atoms with Gasteiger partial charge in [-0.15, -0.1) is 6.58 Å². The van der Waals surface area contributed by atoms with Crippen molar-refractivity contribution >= 4 is 10.8 Å². The minimum absolute atomic E-state index is 0.0343. The lowest BCUT2D eigenvalue weighted by Crippen LogP contribution is -2.07. The van der Waals surface area contributed by atoms with Crippen LogP contribution >= 0.6 is 0 Å². The summed E-state index contributed by atoms with van der Waals surface area (Å²) in [5.41, 5.74) is -0.628. The fraction of sp³-hybridized carbons (Fsp3) is 0.560. The number of unbranched alkanes of at least 4 members (excludes halogenated alkanes) is 9. The smallest absolute Gasteiger partial charge is 0.346 e. The molecule has 0 saturated heterocycles. The van der Waals surface area contributed by atoms with Crippen LogP contribution in [-0.4, -0.2) is 6.61 Å². The maximum Gasteiger partial charge on any atom is 0.346 e. The Bertz CT molecular complexity index is 810. The predicted molar refractivity (Wildman–Crippen MR) is 118 cm³/mol. The van der Waals surface area contributed by atoms with Crippen LogP contribution in [0.1, 0.15) is 83.3 Å². The molecule has 1 heterocycles. The van der Waals surface area contributed by atoms with Gasteiger partial charge in [0.05, 0.1) is 6.61 Å². The van der Waals surface area contributed by atoms with Gasteiger partial charge in [-0.2, -0.15) is 0 Å². The second-order valence-corrected chi connectivity index (χ2v) is 7.70. The first-order valence-electron chi connectivity index (χ1n) is 11.2. The van der Waals surface area contributed by atoms with Crippen molar-refractivity contribution in [1.29, 1.82) is 0 Å². The standard InChI is InChI=1S/C25H35FO3/c1-3-5-7-8-9-10-11-12-13-14-15-21-19-20-16-17-22(28-18-6-4-2)24(26)23(20)25(27)29-21/h4,16-17,19H,2-3,5-15,18H2,1H3. The lowest BCUT2D eigenvalue weighted by molar-refractivity contribution is 0.309. The highest BCUT2D eigenvalue weighted by molar-refractivity contribution is 5.83. The van der Waals surface area contributed by atoms with Gasteiger partial charge in [0, 0.05) is 6.42 Å². The number of fused-ring (bicyclic) bond motifs is 1. The molecule has 4 heteroatoms. The molecule has 0 radical (unpaired) electrons. The molecule has 160 valence electrons. The van der Waals surface area contributed by atoms with Crippen LogP contribution in [0.25, 0.3) is 10.8 Å². The van der Waals surface area contributed by atoms with E-state index in [1.54, 1.807) is 24.3 Å². The zero-order chi connectivity index (χ0) is 20.9. The van der Waals surface area contributed by atoms with Crippen LogP contribution in [0.5, 0.6) is 5.75 Å². The molecular weight excluding hydrogens is 367 g/mol. The monoisotopic (exact) mass is 402 g/mol. The Labute approximate surface area is 174 Å². The van der Waals surface area contributed by atoms with Crippen LogP contribution < -0.4 is 10.4 Å². The summed E-state index contributed by atoms with van der Waals surface area (Å²) in [4.78, 5) is 12.3. The molecular formula is C25H35FO3. The first-order chi connectivity index (χ1) is 14.2. The Morgan fingerprint density at radius 3 is 2.34 bits per heavy atom. The molecule has 0 amide bonds. The summed E-state index contributed by atoms with van der Waals surface area (Å²) in [6.45, 7) is 6.18. The molecule has 0 aliphatic carbocycles. The zero-order valence-corrected chi connectivity index (χ0v) is 17.8. The Morgan fingerprint density at radius 1 is 1.03 bits per heavy atom. The van der Waals surface area contributed by atoms with E-state index in [1.165, 1.54) is 51.4 Å². The Morgan fingerprint density at radius 2 is 1.69 bits per heavy atom. The molecule has 29 heavy (non-hydrogen) atoms. The summed E-state index contributed by atoms with van der Waals surface area (Å²) >= 11 is 0. The van der Waals surface area contributed by atoms with Gasteiger partial charge in [0.25, 0.3) is 0 Å². The van der Waals surface area contributed by atoms with Crippen molar-refractivity contribution in [2.24, 2.45) is 0 Å². The third-order valence-electron chi connectivity index (χ3n) is 5.24. The summed E-state index contributed by atoms with van der Waals surface area (Å²) < 4.78 is 25.4. The topological polar surface area (TPSA) is 39.4 Å². The molecule has 1 aromatic heterocycles. The largest absolute Gasteiger partial charge is 0.490 e. The molecule has 0 saturated carbocycles. The van der Waals surface area contributed by atoms with Crippen LogP contribution in [0.2, 0.25) is 0 Å². The summed E-state index contributed by atoms with van der Waals surface area (Å²) in [6.07, 6.45) is 15.6. The number of ether oxygens (including phenoxy) is 1. The zero-order valence-electron chi connectivity index (χ0n) is 17.8. The minimum atomic E-state index is -0.647. The molecule has 2 rings (SSSR count). The maximum absolute atomic E-state index is 14.6. The normalized spacial score (nSPS) is 11.1. The minimum Gasteiger partial charge on any atom is -0.490 e. The second kappa shape index (κ2) is 13.2. The molecule has 0 fully saturated rings. The number of halogens is 1. The van der Waals surface area contributed by atoms with Crippen molar-refractivity contribution in [1.82, 2.24) is 0 Å². The molecule has 0 unspecified atom stereocenters. The van der Waals surface area contributed by atoms with Gasteiger partial charge in [0.1, 0.15) is 11.1 Å². The van der Waals surface area contributed by atoms with Gasteiger partial charge < -0.3 is 9.15 Å². The molecule has 0 N–H and O–H groups in total. The number of hydrogen-bond acceptors (Lipinski definition) is 3. The van der Waals surface area contributed by atoms with E-state index in [2.05, 4.69) is 13.5 Å². The highest BCUT2D eigenvalue weighted by Gasteiger charge is 2.14. The fourth-order valence-electron chi connectivity index (χ4n) is 3.55. The van der Waals surface area contributed by atoms with E-state index < -0.39 is 11.4 Å². The molecule has 2 aromatic rings. The summed E-state index contributed by atoms with van der Waals surface area (Å²) in [6, 6.07) is 5.08. The van der Waals surface area contributed by atoms with Crippen LogP contribution in [-0.2, 0) is 6.42 Å². The second-order valence-electron chi connectivity index (χ2n) is 7.70. The van der Waals surface area contributed by atoms with E-state index >= 15 is 0 Å². The van der Waals surface area contributed by atoms with Gasteiger partial charge in [-0.1, -0.05) is 76.9 Å². The van der Waals surface area contributed by atoms with Crippen LogP contribution in [0.4, 0.5) is 4.39 Å². The van der Waals surface area contributed by atoms with Gasteiger partial charge in [-0.05, 0) is 30.4 Å². The van der Waals surface area contributed by atoms with Crippen molar-refractivity contribution in [2.45, 2.75) is 84.0 Å². The molecule has 0 atom stereocenters. The van der Waals surface area contributed by atoms with Crippen molar-refractivity contribution in [2.75, 3.05) is 6.61 Å². The summed E-state index contributed by atoms with van der Waals surface area (Å²) in [7, 11) is 0. The SMILES string of the molecule is C=CCCOc1ccc2cc(CCCCCCCCCCCC)oc(=O)c2c1F. The molecule has 0 aliphatic heterocycles. The van der Waals surface area contributed by atoms with E-state index in [4.69, 9.17) is 9.15 Å². The molecule has 0 aliphatic rings. The predicted octanol–water partition coefficient (Wildman–Crippen LogP) is 7.35. The van der Waals surface area contributed by atoms with E-state index in [9.17, 15) is 9.18 Å². The third-order valence-corrected chi connectivity index (χ3v) is 5.24. The first kappa shape index (κ1) is 23.2. The molecule has 3 nitrogen and oxygen atoms in total. The molecule has 0 bridgehead atoms. The number of aryl methyl sites for hydroxylation is 1.